The fourth-order valence-electron chi connectivity index (χ4n) is 0.687. The first-order valence-electron chi connectivity index (χ1n) is 3.01. The Morgan fingerprint density at radius 2 is 2.00 bits per heavy atom. The smallest absolute Gasteiger partial charge is 0.0222 e. The van der Waals surface area contributed by atoms with Gasteiger partial charge >= 0.3 is 0 Å². The van der Waals surface area contributed by atoms with Crippen molar-refractivity contribution >= 4 is 0 Å². The van der Waals surface area contributed by atoms with Gasteiger partial charge in [-0.2, -0.15) is 0 Å². The summed E-state index contributed by atoms with van der Waals surface area (Å²) in [6.45, 7) is 10.1. The summed E-state index contributed by atoms with van der Waals surface area (Å²) in [7, 11) is 0. The third-order valence-corrected chi connectivity index (χ3v) is 1.24. The van der Waals surface area contributed by atoms with E-state index < -0.39 is 0 Å². The van der Waals surface area contributed by atoms with E-state index in [1.165, 1.54) is 5.57 Å². The molecule has 0 atom stereocenters. The molecule has 0 nitrogen and oxygen atoms in total. The van der Waals surface area contributed by atoms with E-state index in [4.69, 9.17) is 0 Å². The molecule has 0 aliphatic heterocycles. The fourth-order valence-corrected chi connectivity index (χ4v) is 0.687. The van der Waals surface area contributed by atoms with E-state index in [9.17, 15) is 0 Å². The molecule has 0 spiro atoms. The third-order valence-electron chi connectivity index (χ3n) is 1.24. The highest BCUT2D eigenvalue weighted by atomic mass is 14.0. The minimum absolute atomic E-state index is 0.623. The lowest BCUT2D eigenvalue weighted by Gasteiger charge is -2.02. The zero-order valence-corrected chi connectivity index (χ0v) is 5.94. The highest BCUT2D eigenvalue weighted by Crippen LogP contribution is 2.08. The zero-order valence-electron chi connectivity index (χ0n) is 5.94. The molecule has 46 valence electrons. The van der Waals surface area contributed by atoms with Crippen molar-refractivity contribution in [1.29, 1.82) is 0 Å². The monoisotopic (exact) mass is 110 g/mol. The largest absolute Gasteiger partial charge is 0.0988 e. The van der Waals surface area contributed by atoms with Gasteiger partial charge in [0.1, 0.15) is 0 Å². The van der Waals surface area contributed by atoms with Crippen LogP contribution < -0.4 is 0 Å². The van der Waals surface area contributed by atoms with Gasteiger partial charge in [-0.05, 0) is 12.8 Å². The van der Waals surface area contributed by atoms with Crippen LogP contribution in [0.15, 0.2) is 24.3 Å². The summed E-state index contributed by atoms with van der Waals surface area (Å²) in [5.74, 6) is 0.623. The van der Waals surface area contributed by atoms with E-state index >= 15 is 0 Å². The number of rotatable bonds is 2. The molecule has 0 unspecified atom stereocenters. The molecule has 0 heteroatoms. The molecule has 0 N–H and O–H groups in total. The Labute approximate surface area is 51.9 Å². The van der Waals surface area contributed by atoms with Crippen LogP contribution in [-0.2, 0) is 0 Å². The van der Waals surface area contributed by atoms with Crippen molar-refractivity contribution in [2.75, 3.05) is 0 Å². The lowest BCUT2D eigenvalue weighted by molar-refractivity contribution is 0.790. The second-order valence-electron chi connectivity index (χ2n) is 2.15. The maximum absolute atomic E-state index is 3.68. The van der Waals surface area contributed by atoms with Crippen molar-refractivity contribution in [2.24, 2.45) is 5.92 Å². The van der Waals surface area contributed by atoms with Crippen LogP contribution in [0.4, 0.5) is 0 Å². The number of allylic oxidation sites excluding steroid dienone is 3. The normalized spacial score (nSPS) is 12.2. The minimum atomic E-state index is 0.623. The van der Waals surface area contributed by atoms with Crippen molar-refractivity contribution in [3.05, 3.63) is 24.3 Å². The molecule has 0 aliphatic rings. The summed E-state index contributed by atoms with van der Waals surface area (Å²) in [4.78, 5) is 0. The second-order valence-corrected chi connectivity index (χ2v) is 2.15. The van der Waals surface area contributed by atoms with Crippen LogP contribution in [0.25, 0.3) is 0 Å². The van der Waals surface area contributed by atoms with Gasteiger partial charge in [0, 0.05) is 0 Å². The Morgan fingerprint density at radius 3 is 2.00 bits per heavy atom. The summed E-state index contributed by atoms with van der Waals surface area (Å²) in [6.07, 6.45) is 4.00. The van der Waals surface area contributed by atoms with E-state index in [1.54, 1.807) is 0 Å². The highest BCUT2D eigenvalue weighted by molar-refractivity contribution is 5.16. The van der Waals surface area contributed by atoms with Gasteiger partial charge in [-0.15, -0.1) is 0 Å². The van der Waals surface area contributed by atoms with Gasteiger partial charge in [0.05, 0.1) is 0 Å². The van der Waals surface area contributed by atoms with Gasteiger partial charge in [0.25, 0.3) is 0 Å². The van der Waals surface area contributed by atoms with Gasteiger partial charge in [0.15, 0.2) is 0 Å². The molecule has 0 aromatic carbocycles. The summed E-state index contributed by atoms with van der Waals surface area (Å²) >= 11 is 0. The van der Waals surface area contributed by atoms with Crippen LogP contribution in [0, 0.1) is 5.92 Å². The van der Waals surface area contributed by atoms with Crippen molar-refractivity contribution in [2.45, 2.75) is 20.8 Å². The Bertz CT molecular complexity index is 96.6. The molecule has 0 aliphatic carbocycles. The van der Waals surface area contributed by atoms with Crippen molar-refractivity contribution in [1.82, 2.24) is 0 Å². The Balaban J connectivity index is 3.91. The fraction of sp³-hybridized carbons (Fsp3) is 0.500. The molecule has 0 rings (SSSR count). The molecule has 0 aromatic heterocycles. The molecule has 0 heterocycles. The Kier molecular flexibility index (Phi) is 3.25. The number of hydrogen-bond donors (Lipinski definition) is 0. The van der Waals surface area contributed by atoms with Crippen LogP contribution in [0.1, 0.15) is 20.8 Å². The average Bonchev–Trinajstić information content (AvgIpc) is 1.69. The summed E-state index contributed by atoms with van der Waals surface area (Å²) in [5, 5.41) is 0. The molecule has 0 radical (unpaired) electrons. The van der Waals surface area contributed by atoms with Crippen LogP contribution in [-0.4, -0.2) is 0 Å². The molecule has 0 saturated carbocycles. The molecule has 0 saturated heterocycles. The third kappa shape index (κ3) is 1.97. The Hall–Kier alpha value is -0.520. The summed E-state index contributed by atoms with van der Waals surface area (Å²) in [5.41, 5.74) is 1.32. The second kappa shape index (κ2) is 3.48. The summed E-state index contributed by atoms with van der Waals surface area (Å²) < 4.78 is 0. The standard InChI is InChI=1S/C8H14/c1-5-8(6-2)7(3)4/h5-7H,1H2,2-4H3. The van der Waals surface area contributed by atoms with E-state index in [0.717, 1.165) is 0 Å². The maximum atomic E-state index is 3.68. The van der Waals surface area contributed by atoms with Crippen LogP contribution >= 0.6 is 0 Å². The van der Waals surface area contributed by atoms with Crippen LogP contribution in [0.2, 0.25) is 0 Å². The molecular weight excluding hydrogens is 96.1 g/mol. The maximum Gasteiger partial charge on any atom is -0.0222 e. The molecule has 0 amide bonds. The van der Waals surface area contributed by atoms with Crippen molar-refractivity contribution in [3.8, 4) is 0 Å². The van der Waals surface area contributed by atoms with E-state index in [-0.39, 0.29) is 0 Å². The molecule has 0 bridgehead atoms. The topological polar surface area (TPSA) is 0 Å². The number of hydrogen-bond acceptors (Lipinski definition) is 0. The van der Waals surface area contributed by atoms with Crippen LogP contribution in [0.5, 0.6) is 0 Å². The average molecular weight is 110 g/mol. The van der Waals surface area contributed by atoms with Gasteiger partial charge in [-0.25, -0.2) is 0 Å². The van der Waals surface area contributed by atoms with Gasteiger partial charge in [0.2, 0.25) is 0 Å². The SMILES string of the molecule is C=CC(=CC)C(C)C. The van der Waals surface area contributed by atoms with Crippen molar-refractivity contribution in [3.63, 3.8) is 0 Å². The highest BCUT2D eigenvalue weighted by Gasteiger charge is 1.93. The lowest BCUT2D eigenvalue weighted by Crippen LogP contribution is -1.87. The van der Waals surface area contributed by atoms with Gasteiger partial charge in [-0.1, -0.05) is 38.2 Å². The van der Waals surface area contributed by atoms with E-state index in [2.05, 4.69) is 26.5 Å². The lowest BCUT2D eigenvalue weighted by atomic mass is 10.0. The zero-order chi connectivity index (χ0) is 6.57. The summed E-state index contributed by atoms with van der Waals surface area (Å²) in [6, 6.07) is 0. The minimum Gasteiger partial charge on any atom is -0.0988 e. The quantitative estimate of drug-likeness (QED) is 0.479. The predicted octanol–water partition coefficient (Wildman–Crippen LogP) is 2.77. The molecular formula is C8H14. The molecule has 0 fully saturated rings. The molecule has 8 heavy (non-hydrogen) atoms. The van der Waals surface area contributed by atoms with Crippen LogP contribution in [0.3, 0.4) is 0 Å². The predicted molar refractivity (Wildman–Crippen MR) is 38.8 cm³/mol. The Morgan fingerprint density at radius 1 is 1.50 bits per heavy atom. The van der Waals surface area contributed by atoms with E-state index in [0.29, 0.717) is 5.92 Å². The first kappa shape index (κ1) is 7.48. The van der Waals surface area contributed by atoms with Gasteiger partial charge < -0.3 is 0 Å². The first-order valence-corrected chi connectivity index (χ1v) is 3.01. The van der Waals surface area contributed by atoms with Gasteiger partial charge in [-0.3, -0.25) is 0 Å². The van der Waals surface area contributed by atoms with Crippen molar-refractivity contribution < 1.29 is 0 Å². The molecule has 0 aromatic rings. The first-order chi connectivity index (χ1) is 3.72. The van der Waals surface area contributed by atoms with E-state index in [1.807, 2.05) is 13.0 Å².